The van der Waals surface area contributed by atoms with E-state index in [4.69, 9.17) is 18.9 Å². The molecule has 1 aliphatic heterocycles. The van der Waals surface area contributed by atoms with Crippen molar-refractivity contribution in [1.29, 1.82) is 0 Å². The van der Waals surface area contributed by atoms with E-state index in [2.05, 4.69) is 10.3 Å². The van der Waals surface area contributed by atoms with E-state index in [1.54, 1.807) is 62.2 Å². The Morgan fingerprint density at radius 1 is 0.979 bits per heavy atom. The number of methoxy groups -OCH3 is 2. The minimum absolute atomic E-state index is 0.296. The molecular weight excluding hydrogens is 633 g/mol. The first kappa shape index (κ1) is 30.3. The summed E-state index contributed by atoms with van der Waals surface area (Å²) < 4.78 is 19.2. The average molecular weight is 661 g/mol. The number of allylic oxidation sites excluding steroid dienone is 1. The number of carbonyl (C=O) groups excluding carboxylic acids is 1. The summed E-state index contributed by atoms with van der Waals surface area (Å²) in [6.07, 6.45) is 3.48. The van der Waals surface area contributed by atoms with Gasteiger partial charge in [-0.3, -0.25) is 19.1 Å². The first-order valence-electron chi connectivity index (χ1n) is 14.7. The molecule has 1 aliphatic rings. The maximum atomic E-state index is 14.2. The highest BCUT2D eigenvalue weighted by molar-refractivity contribution is 7.99. The zero-order valence-corrected chi connectivity index (χ0v) is 27.2. The summed E-state index contributed by atoms with van der Waals surface area (Å²) >= 11 is 2.71. The topological polar surface area (TPSA) is 108 Å². The van der Waals surface area contributed by atoms with Gasteiger partial charge in [0.05, 0.1) is 41.6 Å². The number of thiazole rings is 1. The summed E-state index contributed by atoms with van der Waals surface area (Å²) in [5, 5.41) is 4.68. The number of fused-ring (bicyclic) bond motifs is 2. The maximum Gasteiger partial charge on any atom is 0.271 e. The smallest absolute Gasteiger partial charge is 0.271 e. The normalized spacial score (nSPS) is 14.5. The van der Waals surface area contributed by atoms with Crippen LogP contribution >= 0.6 is 23.1 Å². The second-order valence-electron chi connectivity index (χ2n) is 10.6. The number of ether oxygens (including phenoxy) is 2. The molecule has 1 N–H and O–H groups in total. The van der Waals surface area contributed by atoms with Crippen molar-refractivity contribution in [2.75, 3.05) is 19.5 Å². The second kappa shape index (κ2) is 12.8. The SMILES string of the molecule is COc1ccc([C@@H]2C(C(=O)Nc3ccccc3)=C(C)N=c3s/c(=C\c4ccc(Sc5cccc6cccnc56)o4)c(=O)n32)cc1OC. The van der Waals surface area contributed by atoms with Gasteiger partial charge in [-0.05, 0) is 72.8 Å². The lowest BCUT2D eigenvalue weighted by Gasteiger charge is -2.26. The molecule has 3 aromatic heterocycles. The molecule has 6 aromatic rings. The highest BCUT2D eigenvalue weighted by atomic mass is 32.2. The number of carbonyl (C=O) groups is 1. The van der Waals surface area contributed by atoms with Gasteiger partial charge in [-0.25, -0.2) is 4.99 Å². The van der Waals surface area contributed by atoms with Gasteiger partial charge in [-0.15, -0.1) is 0 Å². The number of furan rings is 1. The van der Waals surface area contributed by atoms with Crippen LogP contribution in [0.5, 0.6) is 11.5 Å². The fourth-order valence-electron chi connectivity index (χ4n) is 5.53. The van der Waals surface area contributed by atoms with Crippen LogP contribution in [0.1, 0.15) is 24.3 Å². The van der Waals surface area contributed by atoms with Crippen LogP contribution in [0.3, 0.4) is 0 Å². The highest BCUT2D eigenvalue weighted by Crippen LogP contribution is 2.36. The fourth-order valence-corrected chi connectivity index (χ4v) is 7.46. The third-order valence-corrected chi connectivity index (χ3v) is 9.66. The number of pyridine rings is 1. The lowest BCUT2D eigenvalue weighted by Crippen LogP contribution is -2.40. The number of nitrogens with zero attached hydrogens (tertiary/aromatic N) is 3. The Balaban J connectivity index is 1.29. The molecule has 1 amide bonds. The van der Waals surface area contributed by atoms with Crippen LogP contribution < -0.4 is 29.7 Å². The molecule has 1 atom stereocenters. The predicted octanol–water partition coefficient (Wildman–Crippen LogP) is 6.18. The number of benzene rings is 3. The summed E-state index contributed by atoms with van der Waals surface area (Å²) in [7, 11) is 3.10. The van der Waals surface area contributed by atoms with Crippen LogP contribution in [0.15, 0.2) is 133 Å². The molecule has 4 heterocycles. The Kier molecular flexibility index (Phi) is 8.23. The average Bonchev–Trinajstić information content (AvgIpc) is 3.66. The zero-order chi connectivity index (χ0) is 32.5. The molecule has 0 radical (unpaired) electrons. The van der Waals surface area contributed by atoms with Gasteiger partial charge in [0, 0.05) is 28.2 Å². The van der Waals surface area contributed by atoms with Gasteiger partial charge < -0.3 is 19.2 Å². The van der Waals surface area contributed by atoms with Crippen molar-refractivity contribution in [1.82, 2.24) is 9.55 Å². The molecule has 0 saturated heterocycles. The molecule has 0 aliphatic carbocycles. The maximum absolute atomic E-state index is 14.2. The third kappa shape index (κ3) is 5.86. The van der Waals surface area contributed by atoms with E-state index in [9.17, 15) is 9.59 Å². The van der Waals surface area contributed by atoms with Crippen LogP contribution in [0.4, 0.5) is 5.69 Å². The van der Waals surface area contributed by atoms with E-state index < -0.39 is 6.04 Å². The molecule has 11 heteroatoms. The minimum atomic E-state index is -0.779. The summed E-state index contributed by atoms with van der Waals surface area (Å²) in [5.41, 5.74) is 2.75. The quantitative estimate of drug-likeness (QED) is 0.208. The van der Waals surface area contributed by atoms with Crippen molar-refractivity contribution in [2.24, 2.45) is 4.99 Å². The Bertz CT molecular complexity index is 2350. The molecule has 3 aromatic carbocycles. The molecule has 0 saturated carbocycles. The van der Waals surface area contributed by atoms with E-state index in [1.807, 2.05) is 66.7 Å². The Morgan fingerprint density at radius 2 is 1.79 bits per heavy atom. The van der Waals surface area contributed by atoms with Crippen molar-refractivity contribution in [3.63, 3.8) is 0 Å². The number of para-hydroxylation sites is 2. The van der Waals surface area contributed by atoms with E-state index in [0.29, 0.717) is 54.2 Å². The van der Waals surface area contributed by atoms with Gasteiger partial charge in [0.2, 0.25) is 0 Å². The van der Waals surface area contributed by atoms with Crippen molar-refractivity contribution in [3.05, 3.63) is 139 Å². The highest BCUT2D eigenvalue weighted by Gasteiger charge is 2.33. The Morgan fingerprint density at radius 3 is 2.60 bits per heavy atom. The number of rotatable bonds is 8. The van der Waals surface area contributed by atoms with Gasteiger partial charge >= 0.3 is 0 Å². The molecule has 9 nitrogen and oxygen atoms in total. The van der Waals surface area contributed by atoms with E-state index in [-0.39, 0.29) is 11.5 Å². The first-order valence-corrected chi connectivity index (χ1v) is 16.3. The van der Waals surface area contributed by atoms with Crippen molar-refractivity contribution in [3.8, 4) is 11.5 Å². The van der Waals surface area contributed by atoms with E-state index >= 15 is 0 Å². The standard InChI is InChI=1S/C36H28N4O5S2/c1-21-31(34(41)39-24-11-5-4-6-12-24)33(23-14-16-26(43-2)27(19-23)44-3)40-35(42)29(47-36(40)38-21)20-25-15-17-30(45-25)46-28-13-7-9-22-10-8-18-37-32(22)28/h4-20,33H,1-3H3,(H,39,41)/b29-20-/t33-/m1/s1. The van der Waals surface area contributed by atoms with Crippen LogP contribution in [0, 0.1) is 0 Å². The number of nitrogens with one attached hydrogen (secondary N) is 1. The molecule has 0 bridgehead atoms. The summed E-state index contributed by atoms with van der Waals surface area (Å²) in [5.74, 6) is 1.17. The monoisotopic (exact) mass is 660 g/mol. The lowest BCUT2D eigenvalue weighted by molar-refractivity contribution is -0.113. The molecule has 7 rings (SSSR count). The summed E-state index contributed by atoms with van der Waals surface area (Å²) in [4.78, 5) is 38.7. The number of aromatic nitrogens is 2. The van der Waals surface area contributed by atoms with Crippen LogP contribution in [0.25, 0.3) is 17.0 Å². The molecule has 0 spiro atoms. The third-order valence-electron chi connectivity index (χ3n) is 7.70. The van der Waals surface area contributed by atoms with E-state index in [0.717, 1.165) is 15.8 Å². The van der Waals surface area contributed by atoms with Gasteiger partial charge in [-0.2, -0.15) is 0 Å². The van der Waals surface area contributed by atoms with Gasteiger partial charge in [0.25, 0.3) is 11.5 Å². The van der Waals surface area contributed by atoms with Crippen LogP contribution in [0.2, 0.25) is 0 Å². The second-order valence-corrected chi connectivity index (χ2v) is 12.7. The summed E-state index contributed by atoms with van der Waals surface area (Å²) in [6.45, 7) is 1.78. The summed E-state index contributed by atoms with van der Waals surface area (Å²) in [6, 6.07) is 27.4. The van der Waals surface area contributed by atoms with Gasteiger partial charge in [-0.1, -0.05) is 53.8 Å². The predicted molar refractivity (Wildman–Crippen MR) is 183 cm³/mol. The zero-order valence-electron chi connectivity index (χ0n) is 25.6. The number of hydrogen-bond acceptors (Lipinski definition) is 9. The molecule has 0 fully saturated rings. The van der Waals surface area contributed by atoms with Gasteiger partial charge in [0.15, 0.2) is 21.4 Å². The van der Waals surface area contributed by atoms with Crippen LogP contribution in [-0.4, -0.2) is 29.7 Å². The number of amides is 1. The lowest BCUT2D eigenvalue weighted by atomic mass is 9.94. The largest absolute Gasteiger partial charge is 0.493 e. The molecule has 234 valence electrons. The van der Waals surface area contributed by atoms with Crippen molar-refractivity contribution in [2.45, 2.75) is 23.0 Å². The molecule has 47 heavy (non-hydrogen) atoms. The number of hydrogen-bond donors (Lipinski definition) is 1. The fraction of sp³-hybridized carbons (Fsp3) is 0.111. The Labute approximate surface area is 277 Å². The molecular formula is C36H28N4O5S2. The van der Waals surface area contributed by atoms with E-state index in [1.165, 1.54) is 23.1 Å². The van der Waals surface area contributed by atoms with Crippen molar-refractivity contribution < 1.29 is 18.7 Å². The minimum Gasteiger partial charge on any atom is -0.493 e. The van der Waals surface area contributed by atoms with Gasteiger partial charge in [0.1, 0.15) is 5.76 Å². The van der Waals surface area contributed by atoms with Crippen molar-refractivity contribution >= 4 is 51.7 Å². The van der Waals surface area contributed by atoms with Crippen LogP contribution in [-0.2, 0) is 4.79 Å². The molecule has 0 unspecified atom stereocenters. The number of anilines is 1. The Hall–Kier alpha value is -5.39. The first-order chi connectivity index (χ1) is 22.9.